The molecule has 2 N–H and O–H groups in total. The third-order valence-corrected chi connectivity index (χ3v) is 6.41. The number of aliphatic hydroxyl groups is 1. The van der Waals surface area contributed by atoms with Gasteiger partial charge in [-0.1, -0.05) is 28.1 Å². The van der Waals surface area contributed by atoms with E-state index >= 15 is 0 Å². The summed E-state index contributed by atoms with van der Waals surface area (Å²) in [6.45, 7) is 6.40. The number of carbonyl (C=O) groups excluding carboxylic acids is 3. The minimum atomic E-state index is -0.743. The number of Topliss-reactive ketones (excluding diaryl/α,β-unsaturated/α-hetero) is 1. The lowest BCUT2D eigenvalue weighted by Crippen LogP contribution is -2.32. The molecule has 1 saturated heterocycles. The molecule has 0 bridgehead atoms. The lowest BCUT2D eigenvalue weighted by atomic mass is 9.94. The molecule has 0 radical (unpaired) electrons. The van der Waals surface area contributed by atoms with E-state index in [4.69, 9.17) is 4.74 Å². The van der Waals surface area contributed by atoms with Crippen LogP contribution in [-0.2, 0) is 14.3 Å². The van der Waals surface area contributed by atoms with Crippen molar-refractivity contribution in [1.29, 1.82) is 0 Å². The Morgan fingerprint density at radius 3 is 2.44 bits per heavy atom. The van der Waals surface area contributed by atoms with E-state index < -0.39 is 23.7 Å². The van der Waals surface area contributed by atoms with Crippen LogP contribution in [-0.4, -0.2) is 71.3 Å². The number of amides is 1. The van der Waals surface area contributed by atoms with Crippen molar-refractivity contribution in [2.24, 2.45) is 0 Å². The zero-order valence-corrected chi connectivity index (χ0v) is 21.7. The van der Waals surface area contributed by atoms with Crippen LogP contribution in [0, 0.1) is 13.8 Å². The van der Waals surface area contributed by atoms with E-state index in [0.717, 1.165) is 11.0 Å². The van der Waals surface area contributed by atoms with Crippen LogP contribution in [0.1, 0.15) is 52.3 Å². The van der Waals surface area contributed by atoms with E-state index in [0.29, 0.717) is 35.3 Å². The first kappa shape index (κ1) is 25.7. The van der Waals surface area contributed by atoms with Gasteiger partial charge in [0.05, 0.1) is 18.2 Å². The second-order valence-electron chi connectivity index (χ2n) is 8.55. The number of halogens is 1. The average Bonchev–Trinajstić information content (AvgIpc) is 3.21. The number of carbonyl (C=O) groups is 3. The van der Waals surface area contributed by atoms with E-state index in [1.165, 1.54) is 4.90 Å². The molecule has 182 valence electrons. The van der Waals surface area contributed by atoms with Gasteiger partial charge in [0.15, 0.2) is 0 Å². The smallest absolute Gasteiger partial charge is 0.355 e. The minimum Gasteiger partial charge on any atom is -0.507 e. The van der Waals surface area contributed by atoms with E-state index in [1.54, 1.807) is 20.8 Å². The maximum absolute atomic E-state index is 13.2. The number of ketones is 1. The second kappa shape index (κ2) is 10.6. The average molecular weight is 532 g/mol. The number of H-pyrrole nitrogens is 1. The monoisotopic (exact) mass is 531 g/mol. The normalized spacial score (nSPS) is 17.6. The summed E-state index contributed by atoms with van der Waals surface area (Å²) in [5.41, 5.74) is 2.23. The Labute approximate surface area is 207 Å². The molecule has 2 heterocycles. The summed E-state index contributed by atoms with van der Waals surface area (Å²) in [5.74, 6) is -2.24. The molecular formula is C25H30BrN3O5. The van der Waals surface area contributed by atoms with Gasteiger partial charge in [0.25, 0.3) is 11.7 Å². The van der Waals surface area contributed by atoms with Crippen LogP contribution in [0.25, 0.3) is 5.76 Å². The summed E-state index contributed by atoms with van der Waals surface area (Å²) < 4.78 is 5.96. The van der Waals surface area contributed by atoms with Crippen molar-refractivity contribution in [3.05, 3.63) is 62.4 Å². The van der Waals surface area contributed by atoms with Crippen LogP contribution in [0.5, 0.6) is 0 Å². The molecule has 1 aliphatic rings. The van der Waals surface area contributed by atoms with E-state index in [1.807, 2.05) is 43.3 Å². The Morgan fingerprint density at radius 1 is 1.21 bits per heavy atom. The molecule has 0 spiro atoms. The Kier molecular flexibility index (Phi) is 7.99. The topological polar surface area (TPSA) is 103 Å². The Hall–Kier alpha value is -2.91. The van der Waals surface area contributed by atoms with Gasteiger partial charge in [-0.05, 0) is 71.1 Å². The maximum atomic E-state index is 13.2. The lowest BCUT2D eigenvalue weighted by molar-refractivity contribution is -0.139. The van der Waals surface area contributed by atoms with Gasteiger partial charge in [-0.15, -0.1) is 0 Å². The number of rotatable bonds is 8. The Balaban J connectivity index is 2.15. The quantitative estimate of drug-likeness (QED) is 0.231. The summed E-state index contributed by atoms with van der Waals surface area (Å²) in [7, 11) is 3.89. The summed E-state index contributed by atoms with van der Waals surface area (Å²) in [5, 5.41) is 11.4. The first-order valence-electron chi connectivity index (χ1n) is 11.1. The molecule has 0 aliphatic carbocycles. The number of nitrogens with one attached hydrogen (secondary N) is 1. The predicted octanol–water partition coefficient (Wildman–Crippen LogP) is 3.94. The molecule has 0 unspecified atom stereocenters. The number of aryl methyl sites for hydroxylation is 1. The fourth-order valence-corrected chi connectivity index (χ4v) is 4.57. The zero-order chi connectivity index (χ0) is 25.2. The van der Waals surface area contributed by atoms with E-state index in [2.05, 4.69) is 20.9 Å². The van der Waals surface area contributed by atoms with Crippen molar-refractivity contribution in [3.8, 4) is 0 Å². The second-order valence-corrected chi connectivity index (χ2v) is 9.46. The number of aliphatic hydroxyl groups excluding tert-OH is 1. The van der Waals surface area contributed by atoms with Crippen molar-refractivity contribution in [2.45, 2.75) is 33.2 Å². The SMILES string of the molecule is CCOC(=O)c1[nH]c(C)c(C(O)=C2C(=O)C(=O)N(CCCN(C)C)[C@H]2c2ccc(Br)cc2)c1C. The number of nitrogens with zero attached hydrogens (tertiary/aromatic N) is 2. The standard InChI is InChI=1S/C25H30BrN3O5/c1-6-34-25(33)20-14(2)18(15(3)27-20)22(30)19-21(16-8-10-17(26)11-9-16)29(24(32)23(19)31)13-7-12-28(4)5/h8-11,21,27,30H,6-7,12-13H2,1-5H3/t21-/m0/s1. The number of benzene rings is 1. The van der Waals surface area contributed by atoms with Gasteiger partial charge in [-0.2, -0.15) is 0 Å². The zero-order valence-electron chi connectivity index (χ0n) is 20.1. The maximum Gasteiger partial charge on any atom is 0.355 e. The van der Waals surface area contributed by atoms with E-state index in [-0.39, 0.29) is 23.6 Å². The molecule has 1 amide bonds. The largest absolute Gasteiger partial charge is 0.507 e. The molecule has 3 rings (SSSR count). The van der Waals surface area contributed by atoms with E-state index in [9.17, 15) is 19.5 Å². The highest BCUT2D eigenvalue weighted by atomic mass is 79.9. The molecule has 9 heteroatoms. The molecule has 1 aromatic heterocycles. The number of likely N-dealkylation sites (tertiary alicyclic amines) is 1. The summed E-state index contributed by atoms with van der Waals surface area (Å²) in [6.07, 6.45) is 0.669. The van der Waals surface area contributed by atoms with Gasteiger partial charge in [-0.3, -0.25) is 9.59 Å². The van der Waals surface area contributed by atoms with Crippen molar-refractivity contribution < 1.29 is 24.2 Å². The molecular weight excluding hydrogens is 502 g/mol. The number of hydrogen-bond donors (Lipinski definition) is 2. The third kappa shape index (κ3) is 4.95. The van der Waals surface area contributed by atoms with Gasteiger partial charge < -0.3 is 24.6 Å². The fourth-order valence-electron chi connectivity index (χ4n) is 4.31. The highest BCUT2D eigenvalue weighted by Gasteiger charge is 2.46. The Morgan fingerprint density at radius 2 is 1.85 bits per heavy atom. The predicted molar refractivity (Wildman–Crippen MR) is 133 cm³/mol. The van der Waals surface area contributed by atoms with Gasteiger partial charge in [-0.25, -0.2) is 4.79 Å². The molecule has 34 heavy (non-hydrogen) atoms. The van der Waals surface area contributed by atoms with Gasteiger partial charge in [0.2, 0.25) is 0 Å². The first-order chi connectivity index (χ1) is 16.1. The third-order valence-electron chi connectivity index (χ3n) is 5.88. The number of aromatic amines is 1. The molecule has 0 saturated carbocycles. The van der Waals surface area contributed by atoms with Gasteiger partial charge in [0, 0.05) is 22.3 Å². The molecule has 1 atom stereocenters. The molecule has 2 aromatic rings. The summed E-state index contributed by atoms with van der Waals surface area (Å²) >= 11 is 3.42. The fraction of sp³-hybridized carbons (Fsp3) is 0.400. The molecule has 1 aromatic carbocycles. The first-order valence-corrected chi connectivity index (χ1v) is 11.9. The Bertz CT molecular complexity index is 1130. The van der Waals surface area contributed by atoms with Crippen molar-refractivity contribution in [2.75, 3.05) is 33.8 Å². The summed E-state index contributed by atoms with van der Waals surface area (Å²) in [4.78, 5) is 45.1. The number of ether oxygens (including phenoxy) is 1. The van der Waals surface area contributed by atoms with Gasteiger partial charge >= 0.3 is 5.97 Å². The highest BCUT2D eigenvalue weighted by Crippen LogP contribution is 2.41. The molecule has 1 aliphatic heterocycles. The van der Waals surface area contributed by atoms with Crippen LogP contribution in [0.15, 0.2) is 34.3 Å². The van der Waals surface area contributed by atoms with Gasteiger partial charge in [0.1, 0.15) is 11.5 Å². The number of esters is 1. The van der Waals surface area contributed by atoms with Crippen LogP contribution in [0.2, 0.25) is 0 Å². The highest BCUT2D eigenvalue weighted by molar-refractivity contribution is 9.10. The lowest BCUT2D eigenvalue weighted by Gasteiger charge is -2.26. The van der Waals surface area contributed by atoms with Crippen LogP contribution in [0.3, 0.4) is 0 Å². The summed E-state index contributed by atoms with van der Waals surface area (Å²) in [6, 6.07) is 6.58. The minimum absolute atomic E-state index is 0.0118. The number of aromatic nitrogens is 1. The van der Waals surface area contributed by atoms with Crippen molar-refractivity contribution in [1.82, 2.24) is 14.8 Å². The van der Waals surface area contributed by atoms with Crippen LogP contribution >= 0.6 is 15.9 Å². The van der Waals surface area contributed by atoms with Crippen LogP contribution < -0.4 is 0 Å². The molecule has 8 nitrogen and oxygen atoms in total. The van der Waals surface area contributed by atoms with Crippen LogP contribution in [0.4, 0.5) is 0 Å². The number of hydrogen-bond acceptors (Lipinski definition) is 6. The van der Waals surface area contributed by atoms with Crippen molar-refractivity contribution in [3.63, 3.8) is 0 Å². The van der Waals surface area contributed by atoms with Crippen molar-refractivity contribution >= 4 is 39.3 Å². The molecule has 1 fully saturated rings.